The number of hydrogen-bond acceptors (Lipinski definition) is 2. The lowest BCUT2D eigenvalue weighted by Crippen LogP contribution is -2.31. The lowest BCUT2D eigenvalue weighted by atomic mass is 10.1. The van der Waals surface area contributed by atoms with Crippen LogP contribution in [0.4, 0.5) is 18.9 Å². The number of fused-ring (bicyclic) bond motifs is 1. The molecule has 0 aliphatic heterocycles. The number of alkyl halides is 3. The number of anilines is 1. The maximum atomic E-state index is 12.8. The van der Waals surface area contributed by atoms with Gasteiger partial charge in [0, 0.05) is 29.3 Å². The summed E-state index contributed by atoms with van der Waals surface area (Å²) in [5.41, 5.74) is 1.36. The van der Waals surface area contributed by atoms with E-state index in [-0.39, 0.29) is 23.2 Å². The average Bonchev–Trinajstić information content (AvgIpc) is 3.03. The second-order valence-electron chi connectivity index (χ2n) is 6.01. The fourth-order valence-electron chi connectivity index (χ4n) is 2.77. The molecule has 0 bridgehead atoms. The third-order valence-electron chi connectivity index (χ3n) is 4.12. The van der Waals surface area contributed by atoms with Crippen LogP contribution in [-0.4, -0.2) is 24.0 Å². The second kappa shape index (κ2) is 7.92. The van der Waals surface area contributed by atoms with Crippen LogP contribution < -0.4 is 10.6 Å². The van der Waals surface area contributed by atoms with Gasteiger partial charge >= 0.3 is 6.18 Å². The van der Waals surface area contributed by atoms with Crippen LogP contribution in [0.15, 0.2) is 48.7 Å². The topological polar surface area (TPSA) is 56.9 Å². The van der Waals surface area contributed by atoms with E-state index in [4.69, 9.17) is 11.6 Å². The summed E-state index contributed by atoms with van der Waals surface area (Å²) in [6.07, 6.45) is -1.99. The molecule has 0 saturated carbocycles. The van der Waals surface area contributed by atoms with Gasteiger partial charge in [-0.15, -0.1) is 0 Å². The Kier molecular flexibility index (Phi) is 5.60. The number of carbonyl (C=O) groups is 1. The van der Waals surface area contributed by atoms with E-state index in [0.717, 1.165) is 28.6 Å². The molecule has 0 aliphatic carbocycles. The minimum Gasteiger partial charge on any atom is -0.376 e. The molecular formula is C19H17ClF3N3O. The van der Waals surface area contributed by atoms with E-state index in [1.54, 1.807) is 0 Å². The fraction of sp³-hybridized carbons (Fsp3) is 0.211. The number of H-pyrrole nitrogens is 1. The fourth-order valence-corrected chi connectivity index (χ4v) is 3.00. The van der Waals surface area contributed by atoms with Gasteiger partial charge in [-0.3, -0.25) is 4.79 Å². The van der Waals surface area contributed by atoms with Crippen molar-refractivity contribution in [2.24, 2.45) is 0 Å². The van der Waals surface area contributed by atoms with Gasteiger partial charge < -0.3 is 15.6 Å². The highest BCUT2D eigenvalue weighted by Crippen LogP contribution is 2.36. The summed E-state index contributed by atoms with van der Waals surface area (Å²) in [5.74, 6) is -0.307. The Morgan fingerprint density at radius 2 is 1.93 bits per heavy atom. The summed E-state index contributed by atoms with van der Waals surface area (Å²) in [4.78, 5) is 15.1. The van der Waals surface area contributed by atoms with Gasteiger partial charge in [0.2, 0.25) is 5.91 Å². The van der Waals surface area contributed by atoms with Gasteiger partial charge in [-0.1, -0.05) is 29.8 Å². The molecule has 1 aromatic heterocycles. The van der Waals surface area contributed by atoms with Gasteiger partial charge in [0.25, 0.3) is 0 Å². The first kappa shape index (κ1) is 19.1. The third kappa shape index (κ3) is 4.74. The normalized spacial score (nSPS) is 11.6. The molecule has 1 heterocycles. The number of rotatable bonds is 6. The SMILES string of the molecule is O=C(CNc1ccc(Cl)c(C(F)(F)F)c1)NCCc1c[nH]c2ccccc12. The molecule has 27 heavy (non-hydrogen) atoms. The molecule has 1 amide bonds. The van der Waals surface area contributed by atoms with Crippen molar-refractivity contribution in [3.8, 4) is 0 Å². The highest BCUT2D eigenvalue weighted by atomic mass is 35.5. The molecule has 0 fully saturated rings. The zero-order valence-electron chi connectivity index (χ0n) is 14.2. The van der Waals surface area contributed by atoms with E-state index in [1.165, 1.54) is 6.07 Å². The summed E-state index contributed by atoms with van der Waals surface area (Å²) < 4.78 is 38.5. The van der Waals surface area contributed by atoms with Crippen molar-refractivity contribution in [1.29, 1.82) is 0 Å². The standard InChI is InChI=1S/C19H17ClF3N3O/c20-16-6-5-13(9-15(16)19(21,22)23)25-11-18(27)24-8-7-12-10-26-17-4-2-1-3-14(12)17/h1-6,9-10,25-26H,7-8,11H2,(H,24,27). The molecule has 8 heteroatoms. The molecular weight excluding hydrogens is 379 g/mol. The predicted molar refractivity (Wildman–Crippen MR) is 100.0 cm³/mol. The van der Waals surface area contributed by atoms with E-state index in [1.807, 2.05) is 30.5 Å². The minimum atomic E-state index is -4.55. The maximum Gasteiger partial charge on any atom is 0.417 e. The molecule has 0 spiro atoms. The molecule has 3 aromatic rings. The number of aromatic nitrogens is 1. The summed E-state index contributed by atoms with van der Waals surface area (Å²) in [6, 6.07) is 11.3. The van der Waals surface area contributed by atoms with Crippen LogP contribution >= 0.6 is 11.6 Å². The van der Waals surface area contributed by atoms with E-state index in [9.17, 15) is 18.0 Å². The Hall–Kier alpha value is -2.67. The van der Waals surface area contributed by atoms with Crippen LogP contribution in [0.1, 0.15) is 11.1 Å². The minimum absolute atomic E-state index is 0.132. The quantitative estimate of drug-likeness (QED) is 0.571. The van der Waals surface area contributed by atoms with Crippen LogP contribution in [0.25, 0.3) is 10.9 Å². The summed E-state index contributed by atoms with van der Waals surface area (Å²) in [7, 11) is 0. The molecule has 0 atom stereocenters. The van der Waals surface area contributed by atoms with Crippen LogP contribution in [0, 0.1) is 0 Å². The Morgan fingerprint density at radius 3 is 2.70 bits per heavy atom. The van der Waals surface area contributed by atoms with Crippen molar-refractivity contribution >= 4 is 34.1 Å². The number of amides is 1. The molecule has 0 unspecified atom stereocenters. The number of halogens is 4. The highest BCUT2D eigenvalue weighted by Gasteiger charge is 2.33. The Bertz CT molecular complexity index is 953. The first-order valence-corrected chi connectivity index (χ1v) is 8.64. The number of carbonyl (C=O) groups excluding carboxylic acids is 1. The molecule has 0 saturated heterocycles. The van der Waals surface area contributed by atoms with Gasteiger partial charge in [-0.25, -0.2) is 0 Å². The van der Waals surface area contributed by atoms with Crippen molar-refractivity contribution in [3.05, 3.63) is 64.8 Å². The van der Waals surface area contributed by atoms with Gasteiger partial charge in [0.05, 0.1) is 17.1 Å². The zero-order chi connectivity index (χ0) is 19.4. The number of nitrogens with one attached hydrogen (secondary N) is 3. The first-order chi connectivity index (χ1) is 12.8. The molecule has 3 N–H and O–H groups in total. The number of para-hydroxylation sites is 1. The molecule has 142 valence electrons. The first-order valence-electron chi connectivity index (χ1n) is 8.27. The smallest absolute Gasteiger partial charge is 0.376 e. The van der Waals surface area contributed by atoms with Gasteiger partial charge in [0.15, 0.2) is 0 Å². The molecule has 0 radical (unpaired) electrons. The van der Waals surface area contributed by atoms with Crippen molar-refractivity contribution in [3.63, 3.8) is 0 Å². The van der Waals surface area contributed by atoms with Crippen LogP contribution in [-0.2, 0) is 17.4 Å². The number of hydrogen-bond donors (Lipinski definition) is 3. The summed E-state index contributed by atoms with van der Waals surface area (Å²) in [5, 5.41) is 6.15. The Morgan fingerprint density at radius 1 is 1.15 bits per heavy atom. The summed E-state index contributed by atoms with van der Waals surface area (Å²) >= 11 is 5.57. The lowest BCUT2D eigenvalue weighted by molar-refractivity contribution is -0.137. The van der Waals surface area contributed by atoms with Crippen LogP contribution in [0.2, 0.25) is 5.02 Å². The zero-order valence-corrected chi connectivity index (χ0v) is 14.9. The predicted octanol–water partition coefficient (Wildman–Crippen LogP) is 4.61. The van der Waals surface area contributed by atoms with Crippen LogP contribution in [0.5, 0.6) is 0 Å². The van der Waals surface area contributed by atoms with Gasteiger partial charge in [-0.2, -0.15) is 13.2 Å². The molecule has 4 nitrogen and oxygen atoms in total. The van der Waals surface area contributed by atoms with Crippen molar-refractivity contribution in [2.45, 2.75) is 12.6 Å². The van der Waals surface area contributed by atoms with E-state index < -0.39 is 11.7 Å². The van der Waals surface area contributed by atoms with Crippen molar-refractivity contribution < 1.29 is 18.0 Å². The lowest BCUT2D eigenvalue weighted by Gasteiger charge is -2.12. The highest BCUT2D eigenvalue weighted by molar-refractivity contribution is 6.31. The van der Waals surface area contributed by atoms with E-state index in [0.29, 0.717) is 13.0 Å². The van der Waals surface area contributed by atoms with E-state index in [2.05, 4.69) is 15.6 Å². The van der Waals surface area contributed by atoms with Gasteiger partial charge in [0.1, 0.15) is 0 Å². The molecule has 0 aliphatic rings. The monoisotopic (exact) mass is 395 g/mol. The summed E-state index contributed by atoms with van der Waals surface area (Å²) in [6.45, 7) is 0.295. The van der Waals surface area contributed by atoms with E-state index >= 15 is 0 Å². The maximum absolute atomic E-state index is 12.8. The largest absolute Gasteiger partial charge is 0.417 e. The van der Waals surface area contributed by atoms with Crippen molar-refractivity contribution in [1.82, 2.24) is 10.3 Å². The van der Waals surface area contributed by atoms with Crippen molar-refractivity contribution in [2.75, 3.05) is 18.4 Å². The number of aromatic amines is 1. The Balaban J connectivity index is 1.50. The van der Waals surface area contributed by atoms with Crippen LogP contribution in [0.3, 0.4) is 0 Å². The third-order valence-corrected chi connectivity index (χ3v) is 4.45. The molecule has 3 rings (SSSR count). The molecule has 2 aromatic carbocycles. The Labute approximate surface area is 158 Å². The number of benzene rings is 2. The average molecular weight is 396 g/mol. The second-order valence-corrected chi connectivity index (χ2v) is 6.41. The van der Waals surface area contributed by atoms with Gasteiger partial charge in [-0.05, 0) is 36.2 Å².